The molecule has 1 rings (SSSR count). The monoisotopic (exact) mass is 193 g/mol. The van der Waals surface area contributed by atoms with E-state index in [1.807, 2.05) is 0 Å². The highest BCUT2D eigenvalue weighted by atomic mass is 32.2. The van der Waals surface area contributed by atoms with Gasteiger partial charge in [0.05, 0.1) is 6.61 Å². The molecular weight excluding hydrogens is 180 g/mol. The molecule has 0 radical (unpaired) electrons. The first-order chi connectivity index (χ1) is 5.68. The molecule has 0 aliphatic carbocycles. The largest absolute Gasteiger partial charge is 0.772 e. The van der Waals surface area contributed by atoms with Crippen LogP contribution in [0, 0.1) is 0 Å². The van der Waals surface area contributed by atoms with Crippen molar-refractivity contribution in [2.45, 2.75) is 18.4 Å². The molecule has 0 N–H and O–H groups in total. The molecule has 2 unspecified atom stereocenters. The third-order valence-electron chi connectivity index (χ3n) is 2.10. The van der Waals surface area contributed by atoms with Gasteiger partial charge in [-0.25, -0.2) is 0 Å². The number of methoxy groups -OCH3 is 1. The normalized spacial score (nSPS) is 33.2. The molecule has 1 fully saturated rings. The third kappa shape index (κ3) is 2.52. The van der Waals surface area contributed by atoms with Gasteiger partial charge in [-0.1, -0.05) is 11.1 Å². The first kappa shape index (κ1) is 10.1. The number of hydrogen-bond donors (Lipinski definition) is 0. The van der Waals surface area contributed by atoms with Crippen molar-refractivity contribution in [3.05, 3.63) is 0 Å². The summed E-state index contributed by atoms with van der Waals surface area (Å²) in [5, 5.41) is 0. The van der Waals surface area contributed by atoms with Gasteiger partial charge in [0, 0.05) is 19.5 Å². The Hall–Kier alpha value is 0.0300. The molecule has 4 nitrogen and oxygen atoms in total. The van der Waals surface area contributed by atoms with E-state index in [0.29, 0.717) is 13.2 Å². The van der Waals surface area contributed by atoms with E-state index < -0.39 is 16.7 Å². The molecule has 0 aromatic rings. The lowest BCUT2D eigenvalue weighted by Gasteiger charge is -2.36. The van der Waals surface area contributed by atoms with Gasteiger partial charge in [0.2, 0.25) is 0 Å². The van der Waals surface area contributed by atoms with Crippen molar-refractivity contribution in [2.24, 2.45) is 0 Å². The standard InChI is InChI=1S/C7H14O4S/c1-10-7(6-12(8)9)3-2-4-11-5-7/h2-6H2,1H3,(H,8,9)/p-1. The summed E-state index contributed by atoms with van der Waals surface area (Å²) >= 11 is -2.06. The zero-order valence-corrected chi connectivity index (χ0v) is 7.89. The summed E-state index contributed by atoms with van der Waals surface area (Å²) < 4.78 is 31.3. The molecule has 0 amide bonds. The molecule has 12 heavy (non-hydrogen) atoms. The topological polar surface area (TPSA) is 58.6 Å². The van der Waals surface area contributed by atoms with Crippen LogP contribution < -0.4 is 0 Å². The molecular formula is C7H13O4S-. The Kier molecular flexibility index (Phi) is 3.64. The zero-order valence-electron chi connectivity index (χ0n) is 7.08. The lowest BCUT2D eigenvalue weighted by Crippen LogP contribution is -2.45. The zero-order chi connectivity index (χ0) is 9.03. The van der Waals surface area contributed by atoms with E-state index in [1.54, 1.807) is 0 Å². The molecule has 1 aliphatic rings. The average Bonchev–Trinajstić information content (AvgIpc) is 2.05. The van der Waals surface area contributed by atoms with Crippen LogP contribution in [0.5, 0.6) is 0 Å². The second-order valence-electron chi connectivity index (χ2n) is 2.99. The molecule has 5 heteroatoms. The van der Waals surface area contributed by atoms with Gasteiger partial charge in [0.1, 0.15) is 5.60 Å². The molecule has 0 spiro atoms. The van der Waals surface area contributed by atoms with Crippen molar-refractivity contribution in [3.8, 4) is 0 Å². The van der Waals surface area contributed by atoms with E-state index in [2.05, 4.69) is 0 Å². The fraction of sp³-hybridized carbons (Fsp3) is 1.00. The highest BCUT2D eigenvalue weighted by Gasteiger charge is 2.32. The Morgan fingerprint density at radius 1 is 1.75 bits per heavy atom. The summed E-state index contributed by atoms with van der Waals surface area (Å²) in [5.74, 6) is 0.0312. The summed E-state index contributed by atoms with van der Waals surface area (Å²) in [7, 11) is 1.53. The van der Waals surface area contributed by atoms with Crippen molar-refractivity contribution >= 4 is 11.1 Å². The number of rotatable bonds is 3. The minimum absolute atomic E-state index is 0.0312. The first-order valence-corrected chi connectivity index (χ1v) is 5.12. The van der Waals surface area contributed by atoms with Crippen LogP contribution in [-0.2, 0) is 20.6 Å². The minimum Gasteiger partial charge on any atom is -0.772 e. The molecule has 0 bridgehead atoms. The Morgan fingerprint density at radius 2 is 2.50 bits per heavy atom. The van der Waals surface area contributed by atoms with E-state index in [-0.39, 0.29) is 5.75 Å². The summed E-state index contributed by atoms with van der Waals surface area (Å²) in [5.41, 5.74) is -0.592. The maximum atomic E-state index is 10.5. The van der Waals surface area contributed by atoms with E-state index in [0.717, 1.165) is 12.8 Å². The molecule has 0 aromatic heterocycles. The van der Waals surface area contributed by atoms with E-state index in [1.165, 1.54) is 7.11 Å². The van der Waals surface area contributed by atoms with Crippen molar-refractivity contribution in [1.82, 2.24) is 0 Å². The van der Waals surface area contributed by atoms with Gasteiger partial charge in [0.15, 0.2) is 0 Å². The Labute approximate surface area is 74.5 Å². The highest BCUT2D eigenvalue weighted by Crippen LogP contribution is 2.23. The van der Waals surface area contributed by atoms with Gasteiger partial charge in [-0.2, -0.15) is 0 Å². The molecule has 1 aliphatic heterocycles. The highest BCUT2D eigenvalue weighted by molar-refractivity contribution is 7.79. The summed E-state index contributed by atoms with van der Waals surface area (Å²) in [4.78, 5) is 0. The first-order valence-electron chi connectivity index (χ1n) is 3.87. The Balaban J connectivity index is 2.53. The quantitative estimate of drug-likeness (QED) is 0.595. The Bertz CT molecular complexity index is 165. The van der Waals surface area contributed by atoms with Crippen LogP contribution in [0.25, 0.3) is 0 Å². The minimum atomic E-state index is -2.06. The number of hydrogen-bond acceptors (Lipinski definition) is 4. The summed E-state index contributed by atoms with van der Waals surface area (Å²) in [6.07, 6.45) is 1.63. The average molecular weight is 193 g/mol. The number of ether oxygens (including phenoxy) is 2. The third-order valence-corrected chi connectivity index (χ3v) is 2.86. The Morgan fingerprint density at radius 3 is 2.92 bits per heavy atom. The van der Waals surface area contributed by atoms with Crippen LogP contribution in [0.3, 0.4) is 0 Å². The van der Waals surface area contributed by atoms with E-state index in [9.17, 15) is 8.76 Å². The van der Waals surface area contributed by atoms with Gasteiger partial charge in [0.25, 0.3) is 0 Å². The maximum Gasteiger partial charge on any atom is 0.101 e. The smallest absolute Gasteiger partial charge is 0.101 e. The molecule has 72 valence electrons. The lowest BCUT2D eigenvalue weighted by atomic mass is 9.99. The van der Waals surface area contributed by atoms with E-state index in [4.69, 9.17) is 9.47 Å². The predicted molar refractivity (Wildman–Crippen MR) is 43.6 cm³/mol. The van der Waals surface area contributed by atoms with Gasteiger partial charge in [-0.05, 0) is 12.8 Å². The van der Waals surface area contributed by atoms with Crippen LogP contribution >= 0.6 is 0 Å². The van der Waals surface area contributed by atoms with Crippen molar-refractivity contribution in [3.63, 3.8) is 0 Å². The van der Waals surface area contributed by atoms with Gasteiger partial charge in [-0.3, -0.25) is 4.21 Å². The van der Waals surface area contributed by atoms with Gasteiger partial charge >= 0.3 is 0 Å². The van der Waals surface area contributed by atoms with Crippen LogP contribution in [-0.4, -0.2) is 40.4 Å². The SMILES string of the molecule is COC1(CS(=O)[O-])CCCOC1. The van der Waals surface area contributed by atoms with Crippen LogP contribution in [0.15, 0.2) is 0 Å². The molecule has 1 heterocycles. The second kappa shape index (κ2) is 4.32. The van der Waals surface area contributed by atoms with Crippen molar-refractivity contribution in [1.29, 1.82) is 0 Å². The van der Waals surface area contributed by atoms with Gasteiger partial charge in [-0.15, -0.1) is 0 Å². The van der Waals surface area contributed by atoms with Crippen molar-refractivity contribution in [2.75, 3.05) is 26.1 Å². The fourth-order valence-electron chi connectivity index (χ4n) is 1.38. The molecule has 0 saturated carbocycles. The summed E-state index contributed by atoms with van der Waals surface area (Å²) in [6, 6.07) is 0. The lowest BCUT2D eigenvalue weighted by molar-refractivity contribution is -0.0952. The second-order valence-corrected chi connectivity index (χ2v) is 3.89. The van der Waals surface area contributed by atoms with Gasteiger partial charge < -0.3 is 14.0 Å². The summed E-state index contributed by atoms with van der Waals surface area (Å²) in [6.45, 7) is 1.09. The van der Waals surface area contributed by atoms with E-state index >= 15 is 0 Å². The van der Waals surface area contributed by atoms with Crippen LogP contribution in [0.4, 0.5) is 0 Å². The molecule has 1 saturated heterocycles. The molecule has 0 aromatic carbocycles. The maximum absolute atomic E-state index is 10.5. The van der Waals surface area contributed by atoms with Crippen LogP contribution in [0.1, 0.15) is 12.8 Å². The fourth-order valence-corrected chi connectivity index (χ4v) is 2.15. The van der Waals surface area contributed by atoms with Crippen molar-refractivity contribution < 1.29 is 18.2 Å². The van der Waals surface area contributed by atoms with Crippen LogP contribution in [0.2, 0.25) is 0 Å². The predicted octanol–water partition coefficient (Wildman–Crippen LogP) is 0.0611. The molecule has 2 atom stereocenters.